The molecule has 1 saturated carbocycles. The summed E-state index contributed by atoms with van der Waals surface area (Å²) in [4.78, 5) is 14.9. The van der Waals surface area contributed by atoms with Crippen LogP contribution < -0.4 is 11.1 Å². The second-order valence-corrected chi connectivity index (χ2v) is 6.88. The van der Waals surface area contributed by atoms with Crippen LogP contribution in [0, 0.1) is 11.8 Å². The predicted molar refractivity (Wildman–Crippen MR) is 81.8 cm³/mol. The van der Waals surface area contributed by atoms with Crippen molar-refractivity contribution in [3.05, 3.63) is 0 Å². The molecular formula is C16H29N3O2. The van der Waals surface area contributed by atoms with Crippen molar-refractivity contribution in [3.8, 4) is 0 Å². The highest BCUT2D eigenvalue weighted by Crippen LogP contribution is 2.29. The first-order valence-electron chi connectivity index (χ1n) is 8.61. The third-order valence-corrected chi connectivity index (χ3v) is 5.51. The molecule has 4 unspecified atom stereocenters. The maximum absolute atomic E-state index is 12.4. The van der Waals surface area contributed by atoms with Gasteiger partial charge in [-0.1, -0.05) is 12.8 Å². The standard InChI is InChI=1S/C16H29N3O2/c17-8-12-4-1-2-6-15(12)16(20)18-9-14-10-19-7-3-5-13(19)11-21-14/h12-15H,1-11,17H2,(H,18,20). The minimum atomic E-state index is 0.117. The quantitative estimate of drug-likeness (QED) is 0.802. The highest BCUT2D eigenvalue weighted by Gasteiger charge is 2.33. The number of rotatable bonds is 4. The molecular weight excluding hydrogens is 266 g/mol. The van der Waals surface area contributed by atoms with E-state index in [4.69, 9.17) is 10.5 Å². The fourth-order valence-electron chi connectivity index (χ4n) is 4.19. The summed E-state index contributed by atoms with van der Waals surface area (Å²) in [6.45, 7) is 4.27. The number of ether oxygens (including phenoxy) is 1. The summed E-state index contributed by atoms with van der Waals surface area (Å²) < 4.78 is 5.90. The molecule has 0 aromatic carbocycles. The molecule has 120 valence electrons. The Morgan fingerprint density at radius 1 is 1.24 bits per heavy atom. The fraction of sp³-hybridized carbons (Fsp3) is 0.938. The molecule has 5 heteroatoms. The molecule has 1 amide bonds. The van der Waals surface area contributed by atoms with Gasteiger partial charge in [0.1, 0.15) is 0 Å². The van der Waals surface area contributed by atoms with Gasteiger partial charge in [-0.3, -0.25) is 9.69 Å². The Hall–Kier alpha value is -0.650. The lowest BCUT2D eigenvalue weighted by molar-refractivity contribution is -0.129. The van der Waals surface area contributed by atoms with Gasteiger partial charge in [0.25, 0.3) is 0 Å². The van der Waals surface area contributed by atoms with Crippen molar-refractivity contribution in [3.63, 3.8) is 0 Å². The van der Waals surface area contributed by atoms with Gasteiger partial charge in [0, 0.05) is 25.0 Å². The summed E-state index contributed by atoms with van der Waals surface area (Å²) in [6, 6.07) is 0.622. The van der Waals surface area contributed by atoms with E-state index in [1.165, 1.54) is 25.8 Å². The first-order valence-corrected chi connectivity index (χ1v) is 8.61. The molecule has 2 aliphatic heterocycles. The summed E-state index contributed by atoms with van der Waals surface area (Å²) >= 11 is 0. The van der Waals surface area contributed by atoms with E-state index in [9.17, 15) is 4.79 Å². The van der Waals surface area contributed by atoms with E-state index < -0.39 is 0 Å². The average Bonchev–Trinajstić information content (AvgIpc) is 3.00. The number of nitrogens with two attached hydrogens (primary N) is 1. The van der Waals surface area contributed by atoms with E-state index in [0.29, 0.717) is 25.0 Å². The molecule has 2 saturated heterocycles. The molecule has 3 aliphatic rings. The minimum absolute atomic E-state index is 0.117. The summed E-state index contributed by atoms with van der Waals surface area (Å²) in [6.07, 6.45) is 7.17. The monoisotopic (exact) mass is 295 g/mol. The lowest BCUT2D eigenvalue weighted by Gasteiger charge is -2.36. The maximum atomic E-state index is 12.4. The van der Waals surface area contributed by atoms with Crippen LogP contribution in [0.1, 0.15) is 38.5 Å². The zero-order chi connectivity index (χ0) is 14.7. The van der Waals surface area contributed by atoms with E-state index in [2.05, 4.69) is 10.2 Å². The number of nitrogens with zero attached hydrogens (tertiary/aromatic N) is 1. The van der Waals surface area contributed by atoms with E-state index in [0.717, 1.165) is 32.4 Å². The van der Waals surface area contributed by atoms with Gasteiger partial charge in [-0.15, -0.1) is 0 Å². The lowest BCUT2D eigenvalue weighted by Crippen LogP contribution is -2.51. The third kappa shape index (κ3) is 3.58. The van der Waals surface area contributed by atoms with Crippen molar-refractivity contribution in [2.45, 2.75) is 50.7 Å². The highest BCUT2D eigenvalue weighted by atomic mass is 16.5. The smallest absolute Gasteiger partial charge is 0.223 e. The summed E-state index contributed by atoms with van der Waals surface area (Å²) in [5, 5.41) is 3.12. The molecule has 1 aliphatic carbocycles. The van der Waals surface area contributed by atoms with Crippen LogP contribution in [0.25, 0.3) is 0 Å². The summed E-state index contributed by atoms with van der Waals surface area (Å²) in [5.41, 5.74) is 5.82. The van der Waals surface area contributed by atoms with Gasteiger partial charge >= 0.3 is 0 Å². The average molecular weight is 295 g/mol. The van der Waals surface area contributed by atoms with Crippen LogP contribution in [-0.4, -0.2) is 55.7 Å². The van der Waals surface area contributed by atoms with Crippen LogP contribution in [0.3, 0.4) is 0 Å². The molecule has 4 atom stereocenters. The molecule has 5 nitrogen and oxygen atoms in total. The molecule has 0 bridgehead atoms. The Morgan fingerprint density at radius 3 is 2.95 bits per heavy atom. The largest absolute Gasteiger partial charge is 0.373 e. The van der Waals surface area contributed by atoms with E-state index >= 15 is 0 Å². The zero-order valence-corrected chi connectivity index (χ0v) is 12.9. The predicted octanol–water partition coefficient (Wildman–Crippen LogP) is 0.731. The van der Waals surface area contributed by atoms with E-state index in [-0.39, 0.29) is 17.9 Å². The lowest BCUT2D eigenvalue weighted by atomic mass is 9.79. The van der Waals surface area contributed by atoms with Crippen molar-refractivity contribution >= 4 is 5.91 Å². The van der Waals surface area contributed by atoms with Crippen LogP contribution in [0.15, 0.2) is 0 Å². The SMILES string of the molecule is NCC1CCCCC1C(=O)NCC1CN2CCCC2CO1. The van der Waals surface area contributed by atoms with Crippen LogP contribution in [0.5, 0.6) is 0 Å². The Balaban J connectivity index is 1.45. The van der Waals surface area contributed by atoms with E-state index in [1.807, 2.05) is 0 Å². The number of carbonyl (C=O) groups excluding carboxylic acids is 1. The second-order valence-electron chi connectivity index (χ2n) is 6.88. The number of amides is 1. The molecule has 2 heterocycles. The number of hydrogen-bond acceptors (Lipinski definition) is 4. The van der Waals surface area contributed by atoms with Gasteiger partial charge in [0.05, 0.1) is 12.7 Å². The Kier molecular flexibility index (Phi) is 5.14. The van der Waals surface area contributed by atoms with E-state index in [1.54, 1.807) is 0 Å². The molecule has 3 N–H and O–H groups in total. The topological polar surface area (TPSA) is 67.6 Å². The molecule has 0 aromatic rings. The van der Waals surface area contributed by atoms with Crippen molar-refractivity contribution in [1.29, 1.82) is 0 Å². The summed E-state index contributed by atoms with van der Waals surface area (Å²) in [5.74, 6) is 0.679. The van der Waals surface area contributed by atoms with Gasteiger partial charge in [0.2, 0.25) is 5.91 Å². The zero-order valence-electron chi connectivity index (χ0n) is 12.9. The molecule has 3 rings (SSSR count). The molecule has 0 radical (unpaired) electrons. The Labute approximate surface area is 127 Å². The maximum Gasteiger partial charge on any atom is 0.223 e. The van der Waals surface area contributed by atoms with Gasteiger partial charge in [-0.05, 0) is 44.7 Å². The van der Waals surface area contributed by atoms with Gasteiger partial charge in [-0.2, -0.15) is 0 Å². The third-order valence-electron chi connectivity index (χ3n) is 5.51. The molecule has 0 spiro atoms. The van der Waals surface area contributed by atoms with Crippen molar-refractivity contribution in [2.75, 3.05) is 32.8 Å². The molecule has 0 aromatic heterocycles. The number of morpholine rings is 1. The first kappa shape index (κ1) is 15.3. The van der Waals surface area contributed by atoms with Gasteiger partial charge in [-0.25, -0.2) is 0 Å². The normalized spacial score (nSPS) is 37.2. The Morgan fingerprint density at radius 2 is 2.10 bits per heavy atom. The number of carbonyl (C=O) groups is 1. The first-order chi connectivity index (χ1) is 10.3. The highest BCUT2D eigenvalue weighted by molar-refractivity contribution is 5.79. The van der Waals surface area contributed by atoms with Crippen molar-refractivity contribution in [1.82, 2.24) is 10.2 Å². The fourth-order valence-corrected chi connectivity index (χ4v) is 4.19. The van der Waals surface area contributed by atoms with Crippen LogP contribution in [0.4, 0.5) is 0 Å². The van der Waals surface area contributed by atoms with Crippen molar-refractivity contribution in [2.24, 2.45) is 17.6 Å². The minimum Gasteiger partial charge on any atom is -0.373 e. The second kappa shape index (κ2) is 7.07. The number of fused-ring (bicyclic) bond motifs is 1. The van der Waals surface area contributed by atoms with Crippen LogP contribution in [0.2, 0.25) is 0 Å². The van der Waals surface area contributed by atoms with Crippen molar-refractivity contribution < 1.29 is 9.53 Å². The van der Waals surface area contributed by atoms with Gasteiger partial charge < -0.3 is 15.8 Å². The molecule has 3 fully saturated rings. The van der Waals surface area contributed by atoms with Crippen LogP contribution in [-0.2, 0) is 9.53 Å². The summed E-state index contributed by atoms with van der Waals surface area (Å²) in [7, 11) is 0. The molecule has 21 heavy (non-hydrogen) atoms. The Bertz CT molecular complexity index is 363. The number of hydrogen-bond donors (Lipinski definition) is 2. The van der Waals surface area contributed by atoms with Crippen LogP contribution >= 0.6 is 0 Å². The van der Waals surface area contributed by atoms with Gasteiger partial charge in [0.15, 0.2) is 0 Å². The number of nitrogens with one attached hydrogen (secondary N) is 1.